The Morgan fingerprint density at radius 3 is 2.77 bits per heavy atom. The van der Waals surface area contributed by atoms with E-state index in [-0.39, 0.29) is 12.0 Å². The lowest BCUT2D eigenvalue weighted by Crippen LogP contribution is -2.36. The Labute approximate surface area is 128 Å². The van der Waals surface area contributed by atoms with Gasteiger partial charge in [0.25, 0.3) is 5.91 Å². The van der Waals surface area contributed by atoms with E-state index in [1.165, 1.54) is 0 Å². The van der Waals surface area contributed by atoms with Gasteiger partial charge in [-0.2, -0.15) is 5.10 Å². The zero-order chi connectivity index (χ0) is 15.5. The van der Waals surface area contributed by atoms with Gasteiger partial charge in [0, 0.05) is 31.0 Å². The van der Waals surface area contributed by atoms with Gasteiger partial charge in [0.2, 0.25) is 0 Å². The molecule has 1 saturated heterocycles. The number of pyridine rings is 1. The Morgan fingerprint density at radius 2 is 2.18 bits per heavy atom. The molecule has 0 spiro atoms. The minimum Gasteiger partial charge on any atom is -0.393 e. The van der Waals surface area contributed by atoms with Crippen molar-refractivity contribution in [2.24, 2.45) is 0 Å². The minimum absolute atomic E-state index is 0.210. The van der Waals surface area contributed by atoms with Crippen molar-refractivity contribution in [2.45, 2.75) is 25.9 Å². The van der Waals surface area contributed by atoms with Crippen LogP contribution in [0.5, 0.6) is 0 Å². The van der Waals surface area contributed by atoms with Gasteiger partial charge in [0.1, 0.15) is 5.82 Å². The number of H-pyrrole nitrogens is 1. The van der Waals surface area contributed by atoms with Gasteiger partial charge >= 0.3 is 0 Å². The number of anilines is 2. The highest BCUT2D eigenvalue weighted by molar-refractivity contribution is 6.03. The van der Waals surface area contributed by atoms with Crippen molar-refractivity contribution >= 4 is 17.5 Å². The number of aliphatic hydroxyl groups is 1. The average Bonchev–Trinajstić information content (AvgIpc) is 2.93. The van der Waals surface area contributed by atoms with Crippen LogP contribution in [0.1, 0.15) is 28.9 Å². The normalized spacial score (nSPS) is 15.8. The Balaban J connectivity index is 1.64. The first kappa shape index (κ1) is 14.5. The Hall–Kier alpha value is -2.41. The number of nitrogens with zero attached hydrogens (tertiary/aromatic N) is 3. The number of hydrogen-bond acceptors (Lipinski definition) is 5. The van der Waals surface area contributed by atoms with Crippen LogP contribution in [0.25, 0.3) is 0 Å². The second-order valence-corrected chi connectivity index (χ2v) is 5.51. The highest BCUT2D eigenvalue weighted by Crippen LogP contribution is 2.18. The van der Waals surface area contributed by atoms with Crippen molar-refractivity contribution in [1.82, 2.24) is 15.2 Å². The van der Waals surface area contributed by atoms with Crippen LogP contribution in [-0.4, -0.2) is 45.4 Å². The Morgan fingerprint density at radius 1 is 1.41 bits per heavy atom. The number of nitrogens with one attached hydrogen (secondary N) is 2. The van der Waals surface area contributed by atoms with E-state index in [0.29, 0.717) is 11.4 Å². The van der Waals surface area contributed by atoms with Gasteiger partial charge in [-0.25, -0.2) is 4.98 Å². The number of carbonyl (C=O) groups excluding carboxylic acids is 1. The molecule has 2 aromatic rings. The summed E-state index contributed by atoms with van der Waals surface area (Å²) >= 11 is 0. The quantitative estimate of drug-likeness (QED) is 0.795. The summed E-state index contributed by atoms with van der Waals surface area (Å²) in [6.07, 6.45) is 2.86. The molecule has 116 valence electrons. The summed E-state index contributed by atoms with van der Waals surface area (Å²) in [4.78, 5) is 18.6. The highest BCUT2D eigenvalue weighted by atomic mass is 16.3. The van der Waals surface area contributed by atoms with Crippen LogP contribution in [0.3, 0.4) is 0 Å². The lowest BCUT2D eigenvalue weighted by atomic mass is 10.1. The van der Waals surface area contributed by atoms with E-state index in [2.05, 4.69) is 25.4 Å². The van der Waals surface area contributed by atoms with E-state index in [0.717, 1.165) is 37.4 Å². The lowest BCUT2D eigenvalue weighted by molar-refractivity contribution is 0.102. The fraction of sp³-hybridized carbons (Fsp3) is 0.400. The molecule has 1 fully saturated rings. The number of aliphatic hydroxyl groups excluding tert-OH is 1. The molecule has 0 saturated carbocycles. The van der Waals surface area contributed by atoms with E-state index in [4.69, 9.17) is 0 Å². The molecule has 3 heterocycles. The van der Waals surface area contributed by atoms with Crippen LogP contribution in [0.15, 0.2) is 24.4 Å². The summed E-state index contributed by atoms with van der Waals surface area (Å²) in [5, 5.41) is 19.0. The number of aryl methyl sites for hydroxylation is 1. The summed E-state index contributed by atoms with van der Waals surface area (Å²) in [5.41, 5.74) is 1.37. The molecule has 7 nitrogen and oxygen atoms in total. The molecule has 3 rings (SSSR count). The van der Waals surface area contributed by atoms with Crippen molar-refractivity contribution < 1.29 is 9.90 Å². The number of carbonyl (C=O) groups is 1. The number of amides is 1. The smallest absolute Gasteiger partial charge is 0.258 e. The molecule has 1 amide bonds. The molecule has 2 aromatic heterocycles. The molecule has 7 heteroatoms. The molecule has 0 unspecified atom stereocenters. The van der Waals surface area contributed by atoms with Gasteiger partial charge in [-0.3, -0.25) is 9.89 Å². The maximum Gasteiger partial charge on any atom is 0.258 e. The van der Waals surface area contributed by atoms with Crippen LogP contribution in [0.2, 0.25) is 0 Å². The average molecular weight is 301 g/mol. The number of piperidine rings is 1. The summed E-state index contributed by atoms with van der Waals surface area (Å²) in [6.45, 7) is 3.44. The first-order chi connectivity index (χ1) is 10.6. The van der Waals surface area contributed by atoms with E-state index in [1.54, 1.807) is 18.3 Å². The fourth-order valence-electron chi connectivity index (χ4n) is 2.47. The molecule has 0 aliphatic carbocycles. The monoisotopic (exact) mass is 301 g/mol. The van der Waals surface area contributed by atoms with Crippen molar-refractivity contribution in [2.75, 3.05) is 23.3 Å². The molecule has 0 aromatic carbocycles. The summed E-state index contributed by atoms with van der Waals surface area (Å²) < 4.78 is 0. The first-order valence-electron chi connectivity index (χ1n) is 7.34. The molecule has 22 heavy (non-hydrogen) atoms. The molecule has 1 aliphatic heterocycles. The van der Waals surface area contributed by atoms with Crippen LogP contribution >= 0.6 is 0 Å². The highest BCUT2D eigenvalue weighted by Gasteiger charge is 2.18. The molecule has 0 bridgehead atoms. The van der Waals surface area contributed by atoms with Gasteiger partial charge in [0.15, 0.2) is 5.82 Å². The van der Waals surface area contributed by atoms with Crippen LogP contribution in [0, 0.1) is 6.92 Å². The number of aromatic nitrogens is 3. The maximum atomic E-state index is 12.1. The van der Waals surface area contributed by atoms with E-state index < -0.39 is 0 Å². The maximum absolute atomic E-state index is 12.1. The summed E-state index contributed by atoms with van der Waals surface area (Å²) in [7, 11) is 0. The molecule has 0 atom stereocenters. The third-order valence-electron chi connectivity index (χ3n) is 3.75. The van der Waals surface area contributed by atoms with Gasteiger partial charge in [-0.1, -0.05) is 0 Å². The lowest BCUT2D eigenvalue weighted by Gasteiger charge is -2.30. The van der Waals surface area contributed by atoms with Crippen molar-refractivity contribution in [1.29, 1.82) is 0 Å². The van der Waals surface area contributed by atoms with Gasteiger partial charge in [0.05, 0.1) is 11.7 Å². The minimum atomic E-state index is -0.236. The van der Waals surface area contributed by atoms with Gasteiger partial charge < -0.3 is 15.3 Å². The predicted molar refractivity (Wildman–Crippen MR) is 83.0 cm³/mol. The topological polar surface area (TPSA) is 94.1 Å². The number of rotatable bonds is 3. The van der Waals surface area contributed by atoms with E-state index in [9.17, 15) is 9.90 Å². The molecule has 0 radical (unpaired) electrons. The fourth-order valence-corrected chi connectivity index (χ4v) is 2.47. The van der Waals surface area contributed by atoms with E-state index in [1.807, 2.05) is 13.0 Å². The number of hydrogen-bond donors (Lipinski definition) is 3. The molecular weight excluding hydrogens is 282 g/mol. The molecule has 1 aliphatic rings. The largest absolute Gasteiger partial charge is 0.393 e. The van der Waals surface area contributed by atoms with Crippen molar-refractivity contribution in [3.8, 4) is 0 Å². The zero-order valence-electron chi connectivity index (χ0n) is 12.4. The first-order valence-corrected chi connectivity index (χ1v) is 7.34. The standard InChI is InChI=1S/C15H19N5O2/c1-10-8-13(19-18-10)17-15(22)11-2-3-14(16-9-11)20-6-4-12(21)5-7-20/h2-3,8-9,12,21H,4-7H2,1H3,(H2,17,18,19,22). The Bertz CT molecular complexity index is 644. The number of aromatic amines is 1. The second-order valence-electron chi connectivity index (χ2n) is 5.51. The van der Waals surface area contributed by atoms with E-state index >= 15 is 0 Å². The third kappa shape index (κ3) is 3.25. The zero-order valence-corrected chi connectivity index (χ0v) is 12.4. The van der Waals surface area contributed by atoms with Crippen molar-refractivity contribution in [3.05, 3.63) is 35.7 Å². The molecule has 3 N–H and O–H groups in total. The van der Waals surface area contributed by atoms with Crippen molar-refractivity contribution in [3.63, 3.8) is 0 Å². The van der Waals surface area contributed by atoms with Crippen LogP contribution in [0.4, 0.5) is 11.6 Å². The summed E-state index contributed by atoms with van der Waals surface area (Å²) in [5.74, 6) is 1.09. The molecular formula is C15H19N5O2. The summed E-state index contributed by atoms with van der Waals surface area (Å²) in [6, 6.07) is 5.35. The SMILES string of the molecule is Cc1cc(NC(=O)c2ccc(N3CCC(O)CC3)nc2)n[nH]1. The van der Waals surface area contributed by atoms with Gasteiger partial charge in [-0.15, -0.1) is 0 Å². The predicted octanol–water partition coefficient (Wildman–Crippen LogP) is 1.33. The van der Waals surface area contributed by atoms with Crippen LogP contribution < -0.4 is 10.2 Å². The van der Waals surface area contributed by atoms with Crippen LogP contribution in [-0.2, 0) is 0 Å². The second kappa shape index (κ2) is 6.15. The third-order valence-corrected chi connectivity index (χ3v) is 3.75. The van der Waals surface area contributed by atoms with Gasteiger partial charge in [-0.05, 0) is 31.9 Å². The Kier molecular flexibility index (Phi) is 4.06.